The summed E-state index contributed by atoms with van der Waals surface area (Å²) < 4.78 is 1.56. The van der Waals surface area contributed by atoms with Gasteiger partial charge in [0.2, 0.25) is 0 Å². The number of nitrogens with zero attached hydrogens (tertiary/aromatic N) is 1. The van der Waals surface area contributed by atoms with Crippen LogP contribution in [0, 0.1) is 0 Å². The van der Waals surface area contributed by atoms with Crippen LogP contribution < -0.4 is 11.3 Å². The number of halogens is 1. The van der Waals surface area contributed by atoms with Gasteiger partial charge in [-0.1, -0.05) is 11.6 Å². The Morgan fingerprint density at radius 1 is 1.50 bits per heavy atom. The van der Waals surface area contributed by atoms with Crippen LogP contribution in [0.15, 0.2) is 23.1 Å². The Bertz CT molecular complexity index is 308. The van der Waals surface area contributed by atoms with E-state index in [1.165, 1.54) is 6.07 Å². The predicted octanol–water partition coefficient (Wildman–Crippen LogP) is 0.850. The largest absolute Gasteiger partial charge is 0.330 e. The molecule has 1 heterocycles. The molecule has 0 amide bonds. The lowest BCUT2D eigenvalue weighted by molar-refractivity contribution is 0.630. The zero-order valence-electron chi connectivity index (χ0n) is 6.66. The molecule has 0 saturated carbocycles. The average molecular weight is 187 g/mol. The molecule has 0 aliphatic heterocycles. The number of pyridine rings is 1. The summed E-state index contributed by atoms with van der Waals surface area (Å²) in [5.41, 5.74) is 5.28. The minimum atomic E-state index is -0.0344. The van der Waals surface area contributed by atoms with Crippen molar-refractivity contribution >= 4 is 11.6 Å². The zero-order chi connectivity index (χ0) is 8.97. The van der Waals surface area contributed by atoms with Crippen molar-refractivity contribution in [3.05, 3.63) is 33.7 Å². The molecule has 0 radical (unpaired) electrons. The fourth-order valence-corrected chi connectivity index (χ4v) is 1.12. The van der Waals surface area contributed by atoms with E-state index in [1.54, 1.807) is 16.8 Å². The van der Waals surface area contributed by atoms with Gasteiger partial charge in [0.25, 0.3) is 5.56 Å². The van der Waals surface area contributed by atoms with Gasteiger partial charge in [-0.2, -0.15) is 0 Å². The first-order valence-electron chi connectivity index (χ1n) is 3.80. The summed E-state index contributed by atoms with van der Waals surface area (Å²) in [6.07, 6.45) is 2.42. The van der Waals surface area contributed by atoms with E-state index in [0.29, 0.717) is 18.1 Å². The Balaban J connectivity index is 2.83. The van der Waals surface area contributed by atoms with E-state index in [2.05, 4.69) is 0 Å². The molecule has 3 nitrogen and oxygen atoms in total. The van der Waals surface area contributed by atoms with Gasteiger partial charge >= 0.3 is 0 Å². The maximum absolute atomic E-state index is 11.1. The minimum Gasteiger partial charge on any atom is -0.330 e. The van der Waals surface area contributed by atoms with E-state index in [1.807, 2.05) is 0 Å². The van der Waals surface area contributed by atoms with E-state index < -0.39 is 0 Å². The van der Waals surface area contributed by atoms with Gasteiger partial charge in [0.1, 0.15) is 0 Å². The van der Waals surface area contributed by atoms with Crippen molar-refractivity contribution in [3.63, 3.8) is 0 Å². The number of nitrogens with two attached hydrogens (primary N) is 1. The van der Waals surface area contributed by atoms with E-state index in [0.717, 1.165) is 6.42 Å². The smallest absolute Gasteiger partial charge is 0.250 e. The van der Waals surface area contributed by atoms with Gasteiger partial charge in [0.15, 0.2) is 0 Å². The number of aromatic nitrogens is 1. The zero-order valence-corrected chi connectivity index (χ0v) is 7.42. The highest BCUT2D eigenvalue weighted by Gasteiger charge is 1.95. The van der Waals surface area contributed by atoms with Crippen LogP contribution in [-0.4, -0.2) is 11.1 Å². The quantitative estimate of drug-likeness (QED) is 0.761. The van der Waals surface area contributed by atoms with Crippen molar-refractivity contribution < 1.29 is 0 Å². The van der Waals surface area contributed by atoms with E-state index >= 15 is 0 Å². The fourth-order valence-electron chi connectivity index (χ4n) is 0.939. The van der Waals surface area contributed by atoms with E-state index in [-0.39, 0.29) is 5.56 Å². The van der Waals surface area contributed by atoms with E-state index in [9.17, 15) is 4.79 Å². The van der Waals surface area contributed by atoms with Crippen molar-refractivity contribution in [3.8, 4) is 0 Å². The Labute approximate surface area is 75.8 Å². The summed E-state index contributed by atoms with van der Waals surface area (Å²) >= 11 is 5.70. The molecular formula is C8H11ClN2O. The first-order chi connectivity index (χ1) is 5.74. The molecule has 1 aromatic rings. The van der Waals surface area contributed by atoms with Crippen LogP contribution in [0.3, 0.4) is 0 Å². The van der Waals surface area contributed by atoms with Crippen LogP contribution in [0.5, 0.6) is 0 Å². The lowest BCUT2D eigenvalue weighted by Gasteiger charge is -2.03. The molecule has 1 aromatic heterocycles. The predicted molar refractivity (Wildman–Crippen MR) is 49.4 cm³/mol. The van der Waals surface area contributed by atoms with Gasteiger partial charge in [0.05, 0.1) is 5.02 Å². The SMILES string of the molecule is NCCCn1cc(Cl)ccc1=O. The highest BCUT2D eigenvalue weighted by Crippen LogP contribution is 2.03. The second-order valence-electron chi connectivity index (χ2n) is 2.52. The number of hydrogen-bond acceptors (Lipinski definition) is 2. The van der Waals surface area contributed by atoms with Crippen LogP contribution >= 0.6 is 11.6 Å². The number of aryl methyl sites for hydroxylation is 1. The van der Waals surface area contributed by atoms with Gasteiger partial charge in [0, 0.05) is 18.8 Å². The Morgan fingerprint density at radius 2 is 2.25 bits per heavy atom. The van der Waals surface area contributed by atoms with Gasteiger partial charge in [-0.15, -0.1) is 0 Å². The third-order valence-electron chi connectivity index (χ3n) is 1.55. The number of hydrogen-bond donors (Lipinski definition) is 1. The first-order valence-corrected chi connectivity index (χ1v) is 4.18. The molecule has 2 N–H and O–H groups in total. The molecule has 0 spiro atoms. The molecule has 0 aromatic carbocycles. The van der Waals surface area contributed by atoms with Crippen molar-refractivity contribution in [1.29, 1.82) is 0 Å². The Kier molecular flexibility index (Phi) is 3.31. The molecule has 0 aliphatic carbocycles. The third-order valence-corrected chi connectivity index (χ3v) is 1.77. The van der Waals surface area contributed by atoms with Crippen LogP contribution in [0.1, 0.15) is 6.42 Å². The van der Waals surface area contributed by atoms with Crippen LogP contribution in [0.25, 0.3) is 0 Å². The lowest BCUT2D eigenvalue weighted by atomic mass is 10.4. The molecule has 1 rings (SSSR count). The van der Waals surface area contributed by atoms with Crippen LogP contribution in [0.2, 0.25) is 5.02 Å². The molecule has 0 atom stereocenters. The summed E-state index contributed by atoms with van der Waals surface area (Å²) in [7, 11) is 0. The monoisotopic (exact) mass is 186 g/mol. The second-order valence-corrected chi connectivity index (χ2v) is 2.96. The van der Waals surface area contributed by atoms with E-state index in [4.69, 9.17) is 17.3 Å². The number of rotatable bonds is 3. The Hall–Kier alpha value is -0.800. The normalized spacial score (nSPS) is 10.2. The molecule has 0 aliphatic rings. The molecule has 4 heteroatoms. The fraction of sp³-hybridized carbons (Fsp3) is 0.375. The van der Waals surface area contributed by atoms with Crippen molar-refractivity contribution in [1.82, 2.24) is 4.57 Å². The summed E-state index contributed by atoms with van der Waals surface area (Å²) in [6, 6.07) is 3.04. The summed E-state index contributed by atoms with van der Waals surface area (Å²) in [5.74, 6) is 0. The average Bonchev–Trinajstić information content (AvgIpc) is 2.07. The van der Waals surface area contributed by atoms with Crippen molar-refractivity contribution in [2.45, 2.75) is 13.0 Å². The van der Waals surface area contributed by atoms with Crippen molar-refractivity contribution in [2.24, 2.45) is 5.73 Å². The topological polar surface area (TPSA) is 48.0 Å². The molecule has 0 unspecified atom stereocenters. The van der Waals surface area contributed by atoms with Crippen LogP contribution in [0.4, 0.5) is 0 Å². The third kappa shape index (κ3) is 2.36. The highest BCUT2D eigenvalue weighted by atomic mass is 35.5. The van der Waals surface area contributed by atoms with Gasteiger partial charge in [-0.05, 0) is 19.0 Å². The van der Waals surface area contributed by atoms with Gasteiger partial charge in [-0.3, -0.25) is 4.79 Å². The molecule has 12 heavy (non-hydrogen) atoms. The first kappa shape index (κ1) is 9.29. The van der Waals surface area contributed by atoms with Crippen LogP contribution in [-0.2, 0) is 6.54 Å². The van der Waals surface area contributed by atoms with Gasteiger partial charge in [-0.25, -0.2) is 0 Å². The lowest BCUT2D eigenvalue weighted by Crippen LogP contribution is -2.19. The molecule has 66 valence electrons. The minimum absolute atomic E-state index is 0.0344. The van der Waals surface area contributed by atoms with Gasteiger partial charge < -0.3 is 10.3 Å². The highest BCUT2D eigenvalue weighted by molar-refractivity contribution is 6.30. The summed E-state index contributed by atoms with van der Waals surface area (Å²) in [5, 5.41) is 0.576. The molecular weight excluding hydrogens is 176 g/mol. The Morgan fingerprint density at radius 3 is 2.92 bits per heavy atom. The standard InChI is InChI=1S/C8H11ClN2O/c9-7-2-3-8(12)11(6-7)5-1-4-10/h2-3,6H,1,4-5,10H2. The summed E-state index contributed by atoms with van der Waals surface area (Å²) in [6.45, 7) is 1.22. The molecule has 0 bridgehead atoms. The van der Waals surface area contributed by atoms with Crippen molar-refractivity contribution in [2.75, 3.05) is 6.54 Å². The maximum atomic E-state index is 11.1. The maximum Gasteiger partial charge on any atom is 0.250 e. The summed E-state index contributed by atoms with van der Waals surface area (Å²) in [4.78, 5) is 11.1. The molecule has 0 saturated heterocycles. The second kappa shape index (κ2) is 4.28. The molecule has 0 fully saturated rings.